The molecule has 0 aliphatic carbocycles. The second kappa shape index (κ2) is 7.32. The highest BCUT2D eigenvalue weighted by atomic mass is 127. The fraction of sp³-hybridized carbons (Fsp3) is 0.286. The largest absolute Gasteiger partial charge is 0.321 e. The molecular weight excluding hydrogens is 512 g/mol. The molecule has 1 amide bonds. The van der Waals surface area contributed by atoms with Gasteiger partial charge in [0.2, 0.25) is 0 Å². The van der Waals surface area contributed by atoms with Gasteiger partial charge in [0, 0.05) is 27.6 Å². The van der Waals surface area contributed by atoms with E-state index in [9.17, 15) is 4.79 Å². The zero-order valence-electron chi connectivity index (χ0n) is 11.4. The predicted molar refractivity (Wildman–Crippen MR) is 105 cm³/mol. The first kappa shape index (κ1) is 17.1. The van der Waals surface area contributed by atoms with Crippen molar-refractivity contribution in [2.24, 2.45) is 0 Å². The Kier molecular flexibility index (Phi) is 5.95. The van der Waals surface area contributed by atoms with Crippen LogP contribution in [0.15, 0.2) is 35.5 Å². The summed E-state index contributed by atoms with van der Waals surface area (Å²) in [5, 5.41) is 4.42. The molecule has 4 nitrogen and oxygen atoms in total. The third-order valence-corrected chi connectivity index (χ3v) is 6.10. The lowest BCUT2D eigenvalue weighted by molar-refractivity contribution is 0.102. The van der Waals surface area contributed by atoms with Gasteiger partial charge in [0.05, 0.1) is 0 Å². The third-order valence-electron chi connectivity index (χ3n) is 3.26. The molecule has 0 spiro atoms. The second-order valence-electron chi connectivity index (χ2n) is 4.65. The highest BCUT2D eigenvalue weighted by molar-refractivity contribution is 14.1. The highest BCUT2D eigenvalue weighted by Gasteiger charge is 2.28. The first-order chi connectivity index (χ1) is 9.69. The Morgan fingerprint density at radius 3 is 2.81 bits per heavy atom. The maximum atomic E-state index is 12.3. The molecule has 0 radical (unpaired) electrons. The van der Waals surface area contributed by atoms with E-state index in [1.54, 1.807) is 11.8 Å². The van der Waals surface area contributed by atoms with Gasteiger partial charge >= 0.3 is 0 Å². The minimum absolute atomic E-state index is 0. The number of rotatable bonds is 3. The standard InChI is InChI=1S/C14H14IN3OS.HI/c1-9-12(13(19)16-10-5-3-2-4-6-10)17-14-18(9)8-11(7-15)20-14;/h2-6,11H,7-8H2,1H3,(H,16,19);1H. The van der Waals surface area contributed by atoms with Crippen LogP contribution in [-0.2, 0) is 6.54 Å². The maximum Gasteiger partial charge on any atom is 0.276 e. The molecule has 7 heteroatoms. The molecule has 1 unspecified atom stereocenters. The second-order valence-corrected chi connectivity index (χ2v) is 6.80. The van der Waals surface area contributed by atoms with E-state index >= 15 is 0 Å². The first-order valence-electron chi connectivity index (χ1n) is 6.35. The van der Waals surface area contributed by atoms with Gasteiger partial charge in [-0.2, -0.15) is 0 Å². The minimum atomic E-state index is -0.137. The SMILES string of the molecule is Cc1c(C(=O)Nc2ccccc2)nc2n1CC(CI)S2.I. The fourth-order valence-corrected chi connectivity index (χ4v) is 4.10. The summed E-state index contributed by atoms with van der Waals surface area (Å²) < 4.78 is 3.24. The molecule has 0 fully saturated rings. The Morgan fingerprint density at radius 1 is 1.48 bits per heavy atom. The molecule has 112 valence electrons. The Labute approximate surface area is 158 Å². The maximum absolute atomic E-state index is 12.3. The minimum Gasteiger partial charge on any atom is -0.321 e. The summed E-state index contributed by atoms with van der Waals surface area (Å²) in [6, 6.07) is 9.47. The van der Waals surface area contributed by atoms with Gasteiger partial charge in [-0.05, 0) is 19.1 Å². The van der Waals surface area contributed by atoms with E-state index in [1.165, 1.54) is 0 Å². The highest BCUT2D eigenvalue weighted by Crippen LogP contribution is 2.34. The van der Waals surface area contributed by atoms with Crippen molar-refractivity contribution in [2.45, 2.75) is 23.9 Å². The Hall–Kier alpha value is -0.290. The van der Waals surface area contributed by atoms with Crippen molar-refractivity contribution in [1.29, 1.82) is 0 Å². The zero-order valence-corrected chi connectivity index (χ0v) is 16.7. The lowest BCUT2D eigenvalue weighted by Crippen LogP contribution is -2.15. The molecule has 2 heterocycles. The van der Waals surface area contributed by atoms with Crippen LogP contribution >= 0.6 is 58.3 Å². The molecule has 0 saturated heterocycles. The van der Waals surface area contributed by atoms with Crippen molar-refractivity contribution in [3.05, 3.63) is 41.7 Å². The molecule has 1 aliphatic heterocycles. The lowest BCUT2D eigenvalue weighted by atomic mass is 10.3. The Bertz CT molecular complexity index is 645. The summed E-state index contributed by atoms with van der Waals surface area (Å²) in [5.74, 6) is -0.137. The van der Waals surface area contributed by atoms with Gasteiger partial charge in [-0.25, -0.2) is 4.98 Å². The number of hydrogen-bond donors (Lipinski definition) is 1. The number of alkyl halides is 1. The van der Waals surface area contributed by atoms with E-state index in [0.717, 1.165) is 27.5 Å². The monoisotopic (exact) mass is 527 g/mol. The summed E-state index contributed by atoms with van der Waals surface area (Å²) in [5.41, 5.74) is 2.28. The summed E-state index contributed by atoms with van der Waals surface area (Å²) in [7, 11) is 0. The molecule has 1 aromatic heterocycles. The molecule has 1 atom stereocenters. The number of nitrogens with one attached hydrogen (secondary N) is 1. The van der Waals surface area contributed by atoms with Crippen molar-refractivity contribution in [2.75, 3.05) is 9.74 Å². The van der Waals surface area contributed by atoms with Crippen LogP contribution in [0.3, 0.4) is 0 Å². The van der Waals surface area contributed by atoms with E-state index in [1.807, 2.05) is 37.3 Å². The molecule has 1 N–H and O–H groups in total. The molecule has 1 aromatic carbocycles. The topological polar surface area (TPSA) is 46.9 Å². The molecule has 21 heavy (non-hydrogen) atoms. The molecule has 3 rings (SSSR count). The van der Waals surface area contributed by atoms with Crippen molar-refractivity contribution in [3.63, 3.8) is 0 Å². The van der Waals surface area contributed by atoms with Crippen molar-refractivity contribution >= 4 is 69.9 Å². The quantitative estimate of drug-likeness (QED) is 0.486. The number of halogens is 2. The lowest BCUT2D eigenvalue weighted by Gasteiger charge is -2.06. The molecule has 0 bridgehead atoms. The van der Waals surface area contributed by atoms with Crippen LogP contribution in [0.1, 0.15) is 16.2 Å². The average molecular weight is 527 g/mol. The number of carbonyl (C=O) groups excluding carboxylic acids is 1. The van der Waals surface area contributed by atoms with E-state index in [0.29, 0.717) is 10.9 Å². The summed E-state index contributed by atoms with van der Waals surface area (Å²) in [6.07, 6.45) is 0. The van der Waals surface area contributed by atoms with Gasteiger partial charge < -0.3 is 9.88 Å². The number of nitrogens with zero attached hydrogens (tertiary/aromatic N) is 2. The molecule has 1 aliphatic rings. The number of para-hydroxylation sites is 1. The number of fused-ring (bicyclic) bond motifs is 1. The number of aromatic nitrogens is 2. The van der Waals surface area contributed by atoms with Crippen LogP contribution in [0.2, 0.25) is 0 Å². The van der Waals surface area contributed by atoms with Crippen LogP contribution < -0.4 is 5.32 Å². The Morgan fingerprint density at radius 2 is 2.19 bits per heavy atom. The van der Waals surface area contributed by atoms with Crippen LogP contribution in [-0.4, -0.2) is 25.1 Å². The van der Waals surface area contributed by atoms with E-state index in [2.05, 4.69) is 37.5 Å². The number of benzene rings is 1. The summed E-state index contributed by atoms with van der Waals surface area (Å²) >= 11 is 4.15. The molecule has 0 saturated carbocycles. The summed E-state index contributed by atoms with van der Waals surface area (Å²) in [4.78, 5) is 16.8. The number of hydrogen-bond acceptors (Lipinski definition) is 3. The van der Waals surface area contributed by atoms with Crippen molar-refractivity contribution in [3.8, 4) is 0 Å². The number of thioether (sulfide) groups is 1. The van der Waals surface area contributed by atoms with Gasteiger partial charge in [0.1, 0.15) is 0 Å². The molecule has 2 aromatic rings. The third kappa shape index (κ3) is 3.55. The van der Waals surface area contributed by atoms with Crippen molar-refractivity contribution in [1.82, 2.24) is 9.55 Å². The van der Waals surface area contributed by atoms with Gasteiger partial charge in [-0.3, -0.25) is 4.79 Å². The van der Waals surface area contributed by atoms with Gasteiger partial charge in [-0.15, -0.1) is 24.0 Å². The fourth-order valence-electron chi connectivity index (χ4n) is 2.21. The van der Waals surface area contributed by atoms with E-state index in [4.69, 9.17) is 0 Å². The van der Waals surface area contributed by atoms with Gasteiger partial charge in [0.25, 0.3) is 5.91 Å². The van der Waals surface area contributed by atoms with E-state index < -0.39 is 0 Å². The van der Waals surface area contributed by atoms with Gasteiger partial charge in [-0.1, -0.05) is 52.6 Å². The number of carbonyl (C=O) groups is 1. The van der Waals surface area contributed by atoms with Crippen LogP contribution in [0, 0.1) is 6.92 Å². The molecular formula is C14H15I2N3OS. The first-order valence-corrected chi connectivity index (χ1v) is 8.75. The van der Waals surface area contributed by atoms with Crippen molar-refractivity contribution < 1.29 is 4.79 Å². The van der Waals surface area contributed by atoms with E-state index in [-0.39, 0.29) is 29.9 Å². The normalized spacial score (nSPS) is 16.2. The zero-order chi connectivity index (χ0) is 14.1. The Balaban J connectivity index is 0.00000161. The average Bonchev–Trinajstić information content (AvgIpc) is 2.99. The number of imidazole rings is 1. The number of amides is 1. The van der Waals surface area contributed by atoms with Gasteiger partial charge in [0.15, 0.2) is 10.9 Å². The van der Waals surface area contributed by atoms with Crippen LogP contribution in [0.5, 0.6) is 0 Å². The summed E-state index contributed by atoms with van der Waals surface area (Å²) in [6.45, 7) is 2.91. The van der Waals surface area contributed by atoms with Crippen LogP contribution in [0.25, 0.3) is 0 Å². The van der Waals surface area contributed by atoms with Crippen LogP contribution in [0.4, 0.5) is 5.69 Å². The smallest absolute Gasteiger partial charge is 0.276 e. The predicted octanol–water partition coefficient (Wildman–Crippen LogP) is 3.97. The number of anilines is 1.